The van der Waals surface area contributed by atoms with Crippen molar-refractivity contribution < 1.29 is 13.9 Å². The van der Waals surface area contributed by atoms with Crippen LogP contribution in [0.3, 0.4) is 0 Å². The van der Waals surface area contributed by atoms with Gasteiger partial charge in [0, 0.05) is 31.7 Å². The number of carbonyl (C=O) groups is 1. The second-order valence-electron chi connectivity index (χ2n) is 6.34. The zero-order valence-electron chi connectivity index (χ0n) is 14.1. The van der Waals surface area contributed by atoms with E-state index in [9.17, 15) is 9.18 Å². The maximum absolute atomic E-state index is 14.6. The van der Waals surface area contributed by atoms with E-state index in [1.165, 1.54) is 11.0 Å². The van der Waals surface area contributed by atoms with Crippen molar-refractivity contribution in [3.63, 3.8) is 0 Å². The van der Waals surface area contributed by atoms with Gasteiger partial charge in [0.25, 0.3) is 0 Å². The van der Waals surface area contributed by atoms with Gasteiger partial charge in [0.2, 0.25) is 5.95 Å². The van der Waals surface area contributed by atoms with Crippen LogP contribution in [0, 0.1) is 5.82 Å². The number of H-pyrrole nitrogens is 1. The number of urea groups is 1. The third-order valence-electron chi connectivity index (χ3n) is 4.56. The number of rotatable bonds is 4. The molecule has 1 atom stereocenters. The first-order valence-corrected chi connectivity index (χ1v) is 8.47. The number of hydrogen-bond donors (Lipinski definition) is 3. The Morgan fingerprint density at radius 1 is 1.35 bits per heavy atom. The van der Waals surface area contributed by atoms with Gasteiger partial charge in [-0.3, -0.25) is 10.00 Å². The molecule has 2 aliphatic rings. The van der Waals surface area contributed by atoms with Crippen LogP contribution in [0.25, 0.3) is 0 Å². The average Bonchev–Trinajstić information content (AvgIpc) is 3.21. The van der Waals surface area contributed by atoms with E-state index in [4.69, 9.17) is 10.5 Å². The number of aromatic nitrogens is 3. The lowest BCUT2D eigenvalue weighted by molar-refractivity contribution is 0.122. The summed E-state index contributed by atoms with van der Waals surface area (Å²) in [5, 5.41) is 9.36. The minimum absolute atomic E-state index is 0.156. The summed E-state index contributed by atoms with van der Waals surface area (Å²) in [4.78, 5) is 19.8. The molecule has 4 N–H and O–H groups in total. The molecule has 0 bridgehead atoms. The van der Waals surface area contributed by atoms with Crippen LogP contribution in [-0.4, -0.2) is 60.1 Å². The molecule has 2 fully saturated rings. The topological polar surface area (TPSA) is 112 Å². The summed E-state index contributed by atoms with van der Waals surface area (Å²) in [6.07, 6.45) is 0.473. The molecule has 2 saturated heterocycles. The summed E-state index contributed by atoms with van der Waals surface area (Å²) in [6, 6.07) is 4.47. The van der Waals surface area contributed by atoms with E-state index in [1.54, 1.807) is 12.1 Å². The lowest BCUT2D eigenvalue weighted by Gasteiger charge is -2.29. The lowest BCUT2D eigenvalue weighted by Crippen LogP contribution is -2.36. The molecule has 1 aromatic heterocycles. The summed E-state index contributed by atoms with van der Waals surface area (Å²) in [5.41, 5.74) is 6.54. The second-order valence-corrected chi connectivity index (χ2v) is 6.34. The number of anilines is 3. The fourth-order valence-corrected chi connectivity index (χ4v) is 3.30. The van der Waals surface area contributed by atoms with Crippen molar-refractivity contribution in [1.82, 2.24) is 20.5 Å². The van der Waals surface area contributed by atoms with Crippen molar-refractivity contribution in [2.24, 2.45) is 0 Å². The van der Waals surface area contributed by atoms with E-state index in [-0.39, 0.29) is 23.8 Å². The highest BCUT2D eigenvalue weighted by Crippen LogP contribution is 2.27. The summed E-state index contributed by atoms with van der Waals surface area (Å²) >= 11 is 0. The van der Waals surface area contributed by atoms with Crippen molar-refractivity contribution in [2.45, 2.75) is 12.5 Å². The molecular weight excluding hydrogens is 341 g/mol. The summed E-state index contributed by atoms with van der Waals surface area (Å²) < 4.78 is 19.9. The van der Waals surface area contributed by atoms with Crippen LogP contribution >= 0.6 is 0 Å². The SMILES string of the molecule is Nc1n[nH]c(CC2CN(c3ccc(N4CCOCC4)c(F)c3)C(=O)N2)n1. The minimum atomic E-state index is -0.344. The Hall–Kier alpha value is -2.88. The summed E-state index contributed by atoms with van der Waals surface area (Å²) in [7, 11) is 0. The van der Waals surface area contributed by atoms with Gasteiger partial charge in [-0.25, -0.2) is 9.18 Å². The Balaban J connectivity index is 1.46. The van der Waals surface area contributed by atoms with Gasteiger partial charge in [-0.15, -0.1) is 5.10 Å². The molecule has 26 heavy (non-hydrogen) atoms. The van der Waals surface area contributed by atoms with Crippen molar-refractivity contribution in [3.8, 4) is 0 Å². The first-order chi connectivity index (χ1) is 12.6. The lowest BCUT2D eigenvalue weighted by atomic mass is 10.2. The quantitative estimate of drug-likeness (QED) is 0.731. The number of hydrogen-bond acceptors (Lipinski definition) is 6. The maximum atomic E-state index is 14.6. The van der Waals surface area contributed by atoms with Crippen LogP contribution in [0.5, 0.6) is 0 Å². The van der Waals surface area contributed by atoms with Crippen molar-refractivity contribution in [3.05, 3.63) is 29.8 Å². The molecule has 1 unspecified atom stereocenters. The Labute approximate surface area is 149 Å². The Bertz CT molecular complexity index is 806. The number of amides is 2. The van der Waals surface area contributed by atoms with Gasteiger partial charge in [-0.1, -0.05) is 0 Å². The highest BCUT2D eigenvalue weighted by Gasteiger charge is 2.31. The van der Waals surface area contributed by atoms with Crippen molar-refractivity contribution in [2.75, 3.05) is 48.4 Å². The highest BCUT2D eigenvalue weighted by atomic mass is 19.1. The van der Waals surface area contributed by atoms with Crippen LogP contribution in [0.2, 0.25) is 0 Å². The van der Waals surface area contributed by atoms with E-state index in [2.05, 4.69) is 20.5 Å². The van der Waals surface area contributed by atoms with Gasteiger partial charge in [0.05, 0.1) is 24.9 Å². The van der Waals surface area contributed by atoms with Crippen LogP contribution in [0.1, 0.15) is 5.82 Å². The molecular formula is C16H20FN7O2. The first kappa shape index (κ1) is 16.6. The first-order valence-electron chi connectivity index (χ1n) is 8.47. The Morgan fingerprint density at radius 3 is 2.85 bits per heavy atom. The molecule has 0 aliphatic carbocycles. The number of nitrogens with zero attached hydrogens (tertiary/aromatic N) is 4. The van der Waals surface area contributed by atoms with Crippen molar-refractivity contribution >= 4 is 23.4 Å². The number of nitrogens with one attached hydrogen (secondary N) is 2. The van der Waals surface area contributed by atoms with Crippen molar-refractivity contribution in [1.29, 1.82) is 0 Å². The molecule has 9 nitrogen and oxygen atoms in total. The molecule has 138 valence electrons. The second kappa shape index (κ2) is 6.79. The normalized spacial score (nSPS) is 20.5. The highest BCUT2D eigenvalue weighted by molar-refractivity contribution is 5.94. The summed E-state index contributed by atoms with van der Waals surface area (Å²) in [5.74, 6) is 0.425. The van der Waals surface area contributed by atoms with Gasteiger partial charge < -0.3 is 20.7 Å². The largest absolute Gasteiger partial charge is 0.378 e. The van der Waals surface area contributed by atoms with Gasteiger partial charge in [0.1, 0.15) is 11.6 Å². The maximum Gasteiger partial charge on any atom is 0.322 e. The van der Waals surface area contributed by atoms with E-state index in [0.717, 1.165) is 0 Å². The molecule has 0 radical (unpaired) electrons. The smallest absolute Gasteiger partial charge is 0.322 e. The Morgan fingerprint density at radius 2 is 2.15 bits per heavy atom. The fraction of sp³-hybridized carbons (Fsp3) is 0.438. The molecule has 0 spiro atoms. The van der Waals surface area contributed by atoms with Gasteiger partial charge in [-0.2, -0.15) is 4.98 Å². The number of nitrogen functional groups attached to an aromatic ring is 1. The van der Waals surface area contributed by atoms with E-state index in [0.29, 0.717) is 56.5 Å². The zero-order chi connectivity index (χ0) is 18.1. The Kier molecular flexibility index (Phi) is 4.33. The molecule has 1 aromatic carbocycles. The molecule has 10 heteroatoms. The van der Waals surface area contributed by atoms with Crippen LogP contribution in [0.4, 0.5) is 26.5 Å². The number of halogens is 1. The van der Waals surface area contributed by atoms with E-state index >= 15 is 0 Å². The number of aromatic amines is 1. The molecule has 2 amide bonds. The molecule has 3 heterocycles. The summed E-state index contributed by atoms with van der Waals surface area (Å²) in [6.45, 7) is 2.90. The monoisotopic (exact) mass is 361 g/mol. The number of morpholine rings is 1. The average molecular weight is 361 g/mol. The molecule has 2 aromatic rings. The van der Waals surface area contributed by atoms with Gasteiger partial charge in [0.15, 0.2) is 0 Å². The number of ether oxygens (including phenoxy) is 1. The number of carbonyl (C=O) groups excluding carboxylic acids is 1. The number of benzene rings is 1. The molecule has 0 saturated carbocycles. The molecule has 2 aliphatic heterocycles. The minimum Gasteiger partial charge on any atom is -0.378 e. The third kappa shape index (κ3) is 3.27. The predicted molar refractivity (Wildman–Crippen MR) is 93.6 cm³/mol. The molecule has 4 rings (SSSR count). The third-order valence-corrected chi connectivity index (χ3v) is 4.56. The van der Waals surface area contributed by atoms with Gasteiger partial charge in [-0.05, 0) is 18.2 Å². The zero-order valence-corrected chi connectivity index (χ0v) is 14.1. The van der Waals surface area contributed by atoms with Crippen LogP contribution in [0.15, 0.2) is 18.2 Å². The van der Waals surface area contributed by atoms with E-state index in [1.807, 2.05) is 4.90 Å². The standard InChI is InChI=1S/C16H20FN7O2/c17-12-8-11(1-2-13(12)23-3-5-26-6-4-23)24-9-10(19-16(24)25)7-14-20-15(18)22-21-14/h1-2,8,10H,3-7,9H2,(H,19,25)(H3,18,20,21,22). The predicted octanol–water partition coefficient (Wildman–Crippen LogP) is 0.503. The van der Waals surface area contributed by atoms with Crippen LogP contribution < -0.4 is 20.9 Å². The van der Waals surface area contributed by atoms with Crippen LogP contribution in [-0.2, 0) is 11.2 Å². The van der Waals surface area contributed by atoms with Gasteiger partial charge >= 0.3 is 6.03 Å². The fourth-order valence-electron chi connectivity index (χ4n) is 3.30. The van der Waals surface area contributed by atoms with E-state index < -0.39 is 0 Å². The number of nitrogens with two attached hydrogens (primary N) is 1.